The number of aryl methyl sites for hydroxylation is 1. The number of nitrogens with one attached hydrogen (secondary N) is 1. The van der Waals surface area contributed by atoms with Crippen LogP contribution in [0.3, 0.4) is 0 Å². The predicted octanol–water partition coefficient (Wildman–Crippen LogP) is 1.93. The van der Waals surface area contributed by atoms with Gasteiger partial charge in [0, 0.05) is 62.5 Å². The van der Waals surface area contributed by atoms with Gasteiger partial charge < -0.3 is 15.0 Å². The highest BCUT2D eigenvalue weighted by atomic mass is 16.5. The zero-order valence-corrected chi connectivity index (χ0v) is 16.9. The Labute approximate surface area is 166 Å². The number of nitrogens with zero attached hydrogens (tertiary/aromatic N) is 4. The first kappa shape index (κ1) is 20.1. The van der Waals surface area contributed by atoms with Crippen molar-refractivity contribution in [2.45, 2.75) is 26.8 Å². The van der Waals surface area contributed by atoms with Crippen LogP contribution in [0, 0.1) is 13.8 Å². The van der Waals surface area contributed by atoms with E-state index in [2.05, 4.69) is 32.0 Å². The molecule has 1 amide bonds. The predicted molar refractivity (Wildman–Crippen MR) is 110 cm³/mol. The first-order chi connectivity index (χ1) is 13.6. The van der Waals surface area contributed by atoms with Gasteiger partial charge in [-0.3, -0.25) is 9.69 Å². The lowest BCUT2D eigenvalue weighted by Gasteiger charge is -2.36. The average Bonchev–Trinajstić information content (AvgIpc) is 2.73. The second-order valence-electron chi connectivity index (χ2n) is 7.07. The molecule has 0 bridgehead atoms. The number of methoxy groups -OCH3 is 1. The molecule has 150 valence electrons. The van der Waals surface area contributed by atoms with Crippen molar-refractivity contribution in [3.05, 3.63) is 47.4 Å². The number of hydrogen-bond donors (Lipinski definition) is 1. The number of carbonyl (C=O) groups is 1. The Morgan fingerprint density at radius 2 is 1.89 bits per heavy atom. The summed E-state index contributed by atoms with van der Waals surface area (Å²) < 4.78 is 5.32. The maximum absolute atomic E-state index is 12.2. The van der Waals surface area contributed by atoms with E-state index in [1.165, 1.54) is 0 Å². The number of hydrogen-bond acceptors (Lipinski definition) is 6. The third-order valence-corrected chi connectivity index (χ3v) is 5.30. The number of anilines is 1. The molecular weight excluding hydrogens is 354 g/mol. The van der Waals surface area contributed by atoms with E-state index in [0.29, 0.717) is 13.0 Å². The van der Waals surface area contributed by atoms with Gasteiger partial charge in [-0.1, -0.05) is 18.2 Å². The van der Waals surface area contributed by atoms with Crippen molar-refractivity contribution in [2.75, 3.05) is 44.7 Å². The lowest BCUT2D eigenvalue weighted by Crippen LogP contribution is -2.47. The van der Waals surface area contributed by atoms with Crippen LogP contribution in [0.25, 0.3) is 0 Å². The minimum absolute atomic E-state index is 0.0654. The SMILES string of the molecule is COc1ccccc1CNC(=O)CCN1CCN(c2ncnc(C)c2C)CC1. The molecule has 1 saturated heterocycles. The number of carbonyl (C=O) groups excluding carboxylic acids is 1. The molecule has 0 unspecified atom stereocenters. The Morgan fingerprint density at radius 3 is 2.64 bits per heavy atom. The minimum atomic E-state index is 0.0654. The van der Waals surface area contributed by atoms with Crippen molar-refractivity contribution in [1.29, 1.82) is 0 Å². The van der Waals surface area contributed by atoms with E-state index in [4.69, 9.17) is 4.74 Å². The summed E-state index contributed by atoms with van der Waals surface area (Å²) in [6.45, 7) is 9.05. The van der Waals surface area contributed by atoms with E-state index in [-0.39, 0.29) is 5.91 Å². The fourth-order valence-corrected chi connectivity index (χ4v) is 3.42. The topological polar surface area (TPSA) is 70.6 Å². The largest absolute Gasteiger partial charge is 0.496 e. The molecule has 1 aromatic carbocycles. The monoisotopic (exact) mass is 383 g/mol. The summed E-state index contributed by atoms with van der Waals surface area (Å²) in [6.07, 6.45) is 2.14. The lowest BCUT2D eigenvalue weighted by atomic mass is 10.2. The number of amides is 1. The summed E-state index contributed by atoms with van der Waals surface area (Å²) in [4.78, 5) is 25.6. The van der Waals surface area contributed by atoms with E-state index in [0.717, 1.165) is 61.1 Å². The van der Waals surface area contributed by atoms with E-state index in [9.17, 15) is 4.79 Å². The molecule has 2 aromatic rings. The van der Waals surface area contributed by atoms with E-state index in [1.807, 2.05) is 31.2 Å². The Balaban J connectivity index is 1.41. The summed E-state index contributed by atoms with van der Waals surface area (Å²) in [5, 5.41) is 2.99. The molecule has 2 heterocycles. The molecule has 28 heavy (non-hydrogen) atoms. The number of benzene rings is 1. The maximum atomic E-state index is 12.2. The van der Waals surface area contributed by atoms with E-state index in [1.54, 1.807) is 13.4 Å². The van der Waals surface area contributed by atoms with Gasteiger partial charge in [0.1, 0.15) is 17.9 Å². The molecule has 0 radical (unpaired) electrons. The normalized spacial score (nSPS) is 14.8. The molecule has 1 N–H and O–H groups in total. The molecule has 1 aromatic heterocycles. The fraction of sp³-hybridized carbons (Fsp3) is 0.476. The maximum Gasteiger partial charge on any atom is 0.221 e. The van der Waals surface area contributed by atoms with Crippen molar-refractivity contribution in [3.8, 4) is 5.75 Å². The van der Waals surface area contributed by atoms with Gasteiger partial charge in [0.25, 0.3) is 0 Å². The van der Waals surface area contributed by atoms with E-state index < -0.39 is 0 Å². The summed E-state index contributed by atoms with van der Waals surface area (Å²) >= 11 is 0. The van der Waals surface area contributed by atoms with Gasteiger partial charge in [0.15, 0.2) is 0 Å². The molecule has 1 fully saturated rings. The highest BCUT2D eigenvalue weighted by Gasteiger charge is 2.20. The zero-order valence-electron chi connectivity index (χ0n) is 16.9. The van der Waals surface area contributed by atoms with Crippen LogP contribution in [0.2, 0.25) is 0 Å². The second kappa shape index (κ2) is 9.50. The molecule has 7 nitrogen and oxygen atoms in total. The van der Waals surface area contributed by atoms with Crippen LogP contribution in [-0.4, -0.2) is 60.6 Å². The highest BCUT2D eigenvalue weighted by molar-refractivity contribution is 5.76. The van der Waals surface area contributed by atoms with E-state index >= 15 is 0 Å². The van der Waals surface area contributed by atoms with Gasteiger partial charge in [0.2, 0.25) is 5.91 Å². The molecule has 0 atom stereocenters. The molecule has 3 rings (SSSR count). The summed E-state index contributed by atoms with van der Waals surface area (Å²) in [7, 11) is 1.64. The van der Waals surface area contributed by atoms with Crippen LogP contribution in [0.5, 0.6) is 5.75 Å². The van der Waals surface area contributed by atoms with Gasteiger partial charge in [-0.25, -0.2) is 9.97 Å². The van der Waals surface area contributed by atoms with Crippen LogP contribution in [0.1, 0.15) is 23.2 Å². The zero-order chi connectivity index (χ0) is 19.9. The Kier molecular flexibility index (Phi) is 6.81. The molecule has 7 heteroatoms. The van der Waals surface area contributed by atoms with Crippen molar-refractivity contribution in [1.82, 2.24) is 20.2 Å². The lowest BCUT2D eigenvalue weighted by molar-refractivity contribution is -0.121. The molecule has 0 saturated carbocycles. The molecule has 1 aliphatic rings. The molecule has 0 aliphatic carbocycles. The van der Waals surface area contributed by atoms with Crippen molar-refractivity contribution in [3.63, 3.8) is 0 Å². The molecule has 1 aliphatic heterocycles. The molecular formula is C21H29N5O2. The first-order valence-electron chi connectivity index (χ1n) is 9.72. The van der Waals surface area contributed by atoms with Gasteiger partial charge in [-0.05, 0) is 19.9 Å². The Hall–Kier alpha value is -2.67. The second-order valence-corrected chi connectivity index (χ2v) is 7.07. The number of piperazine rings is 1. The van der Waals surface area contributed by atoms with Crippen molar-refractivity contribution >= 4 is 11.7 Å². The van der Waals surface area contributed by atoms with Crippen LogP contribution in [0.15, 0.2) is 30.6 Å². The van der Waals surface area contributed by atoms with Gasteiger partial charge in [-0.2, -0.15) is 0 Å². The quantitative estimate of drug-likeness (QED) is 0.788. The number of ether oxygens (including phenoxy) is 1. The van der Waals surface area contributed by atoms with Crippen molar-refractivity contribution in [2.24, 2.45) is 0 Å². The van der Waals surface area contributed by atoms with Crippen LogP contribution >= 0.6 is 0 Å². The van der Waals surface area contributed by atoms with Crippen LogP contribution in [0.4, 0.5) is 5.82 Å². The standard InChI is InChI=1S/C21H29N5O2/c1-16-17(2)23-15-24-21(16)26-12-10-25(11-13-26)9-8-20(27)22-14-18-6-4-5-7-19(18)28-3/h4-7,15H,8-14H2,1-3H3,(H,22,27). The average molecular weight is 383 g/mol. The fourth-order valence-electron chi connectivity index (χ4n) is 3.42. The van der Waals surface area contributed by atoms with Crippen LogP contribution in [-0.2, 0) is 11.3 Å². The third-order valence-electron chi connectivity index (χ3n) is 5.30. The Bertz CT molecular complexity index is 803. The smallest absolute Gasteiger partial charge is 0.221 e. The third kappa shape index (κ3) is 4.98. The van der Waals surface area contributed by atoms with Crippen molar-refractivity contribution < 1.29 is 9.53 Å². The van der Waals surface area contributed by atoms with Crippen LogP contribution < -0.4 is 15.0 Å². The summed E-state index contributed by atoms with van der Waals surface area (Å²) in [6, 6.07) is 7.75. The minimum Gasteiger partial charge on any atom is -0.496 e. The van der Waals surface area contributed by atoms with Gasteiger partial charge in [-0.15, -0.1) is 0 Å². The number of rotatable bonds is 7. The Morgan fingerprint density at radius 1 is 1.14 bits per heavy atom. The number of para-hydroxylation sites is 1. The first-order valence-corrected chi connectivity index (χ1v) is 9.72. The van der Waals surface area contributed by atoms with Gasteiger partial charge in [0.05, 0.1) is 7.11 Å². The highest BCUT2D eigenvalue weighted by Crippen LogP contribution is 2.20. The molecule has 0 spiro atoms. The summed E-state index contributed by atoms with van der Waals surface area (Å²) in [5.41, 5.74) is 3.16. The number of aromatic nitrogens is 2. The van der Waals surface area contributed by atoms with Gasteiger partial charge >= 0.3 is 0 Å². The summed E-state index contributed by atoms with van der Waals surface area (Å²) in [5.74, 6) is 1.89.